The number of fused-ring (bicyclic) bond motifs is 1. The number of hydrogen-bond acceptors (Lipinski definition) is 3. The summed E-state index contributed by atoms with van der Waals surface area (Å²) >= 11 is 6.16. The number of likely N-dealkylation sites (tertiary alicyclic amines) is 1. The molecule has 0 spiro atoms. The summed E-state index contributed by atoms with van der Waals surface area (Å²) in [5.74, 6) is 0.689. The highest BCUT2D eigenvalue weighted by Crippen LogP contribution is 2.32. The predicted molar refractivity (Wildman–Crippen MR) is 88.2 cm³/mol. The maximum atomic E-state index is 12.8. The van der Waals surface area contributed by atoms with E-state index in [4.69, 9.17) is 21.8 Å². The topological polar surface area (TPSA) is 59.5 Å². The largest absolute Gasteiger partial charge is 0.449 e. The van der Waals surface area contributed by atoms with Crippen LogP contribution in [0.4, 0.5) is 0 Å². The van der Waals surface area contributed by atoms with Crippen LogP contribution in [0.15, 0.2) is 22.6 Å². The van der Waals surface area contributed by atoms with Crippen molar-refractivity contribution in [3.05, 3.63) is 34.5 Å². The van der Waals surface area contributed by atoms with Crippen LogP contribution >= 0.6 is 11.6 Å². The first kappa shape index (κ1) is 15.4. The van der Waals surface area contributed by atoms with Crippen LogP contribution in [0.5, 0.6) is 0 Å². The number of nitrogens with zero attached hydrogens (tertiary/aromatic N) is 1. The lowest BCUT2D eigenvalue weighted by molar-refractivity contribution is 0.0630. The molecular formula is C17H21ClN2O2. The van der Waals surface area contributed by atoms with Gasteiger partial charge in [-0.15, -0.1) is 0 Å². The number of carbonyl (C=O) groups excluding carboxylic acids is 1. The molecule has 0 saturated carbocycles. The zero-order valence-corrected chi connectivity index (χ0v) is 13.7. The average molecular weight is 321 g/mol. The van der Waals surface area contributed by atoms with Crippen LogP contribution in [-0.4, -0.2) is 29.9 Å². The molecule has 0 bridgehead atoms. The highest BCUT2D eigenvalue weighted by atomic mass is 35.5. The number of piperidine rings is 1. The van der Waals surface area contributed by atoms with Crippen LogP contribution in [0.2, 0.25) is 5.02 Å². The third-order valence-electron chi connectivity index (χ3n) is 4.60. The summed E-state index contributed by atoms with van der Waals surface area (Å²) in [5.41, 5.74) is 7.44. The number of nitrogens with two attached hydrogens (primary N) is 1. The molecule has 1 aliphatic heterocycles. The maximum Gasteiger partial charge on any atom is 0.289 e. The van der Waals surface area contributed by atoms with Gasteiger partial charge in [-0.3, -0.25) is 4.79 Å². The minimum atomic E-state index is -0.0601. The van der Waals surface area contributed by atoms with Gasteiger partial charge in [-0.25, -0.2) is 0 Å². The van der Waals surface area contributed by atoms with Gasteiger partial charge in [0.25, 0.3) is 5.91 Å². The van der Waals surface area contributed by atoms with Crippen LogP contribution in [0.3, 0.4) is 0 Å². The van der Waals surface area contributed by atoms with Crippen molar-refractivity contribution in [2.75, 3.05) is 13.1 Å². The van der Waals surface area contributed by atoms with Gasteiger partial charge in [0.1, 0.15) is 0 Å². The molecule has 1 saturated heterocycles. The van der Waals surface area contributed by atoms with Gasteiger partial charge in [-0.1, -0.05) is 23.7 Å². The number of hydrogen-bond donors (Lipinski definition) is 1. The second-order valence-electron chi connectivity index (χ2n) is 6.19. The number of furan rings is 1. The van der Waals surface area contributed by atoms with Crippen LogP contribution in [-0.2, 0) is 0 Å². The molecule has 22 heavy (non-hydrogen) atoms. The smallest absolute Gasteiger partial charge is 0.289 e. The Morgan fingerprint density at radius 2 is 2.27 bits per heavy atom. The van der Waals surface area contributed by atoms with Crippen LogP contribution in [0, 0.1) is 12.8 Å². The van der Waals surface area contributed by atoms with Crippen molar-refractivity contribution in [1.82, 2.24) is 4.90 Å². The van der Waals surface area contributed by atoms with Crippen molar-refractivity contribution >= 4 is 28.5 Å². The Labute approximate surface area is 135 Å². The van der Waals surface area contributed by atoms with E-state index in [2.05, 4.69) is 0 Å². The molecule has 2 atom stereocenters. The predicted octanol–water partition coefficient (Wildman–Crippen LogP) is 3.59. The molecule has 1 amide bonds. The molecule has 2 N–H and O–H groups in total. The Hall–Kier alpha value is -1.52. The Bertz CT molecular complexity index is 708. The van der Waals surface area contributed by atoms with Gasteiger partial charge in [-0.05, 0) is 38.7 Å². The third kappa shape index (κ3) is 2.61. The second-order valence-corrected chi connectivity index (χ2v) is 6.59. The van der Waals surface area contributed by atoms with Gasteiger partial charge in [0.15, 0.2) is 11.3 Å². The number of para-hydroxylation sites is 1. The summed E-state index contributed by atoms with van der Waals surface area (Å²) in [6.07, 6.45) is 2.06. The van der Waals surface area contributed by atoms with E-state index in [1.165, 1.54) is 0 Å². The molecule has 1 fully saturated rings. The van der Waals surface area contributed by atoms with Gasteiger partial charge >= 0.3 is 0 Å². The fourth-order valence-electron chi connectivity index (χ4n) is 3.18. The van der Waals surface area contributed by atoms with Crippen LogP contribution in [0.1, 0.15) is 35.9 Å². The zero-order valence-electron chi connectivity index (χ0n) is 12.9. The van der Waals surface area contributed by atoms with Gasteiger partial charge in [0, 0.05) is 30.1 Å². The lowest BCUT2D eigenvalue weighted by atomic mass is 9.92. The lowest BCUT2D eigenvalue weighted by Gasteiger charge is -2.34. The number of aryl methyl sites for hydroxylation is 1. The number of rotatable bonds is 2. The molecule has 3 rings (SSSR count). The zero-order chi connectivity index (χ0) is 15.9. The van der Waals surface area contributed by atoms with E-state index < -0.39 is 0 Å². The first-order valence-corrected chi connectivity index (χ1v) is 8.09. The highest BCUT2D eigenvalue weighted by Gasteiger charge is 2.29. The van der Waals surface area contributed by atoms with E-state index in [0.29, 0.717) is 28.8 Å². The van der Waals surface area contributed by atoms with Crippen molar-refractivity contribution < 1.29 is 9.21 Å². The number of carbonyl (C=O) groups is 1. The van der Waals surface area contributed by atoms with Crippen molar-refractivity contribution in [3.8, 4) is 0 Å². The first-order valence-electron chi connectivity index (χ1n) is 7.71. The van der Waals surface area contributed by atoms with Crippen LogP contribution < -0.4 is 5.73 Å². The van der Waals surface area contributed by atoms with Crippen molar-refractivity contribution in [2.45, 2.75) is 32.7 Å². The fraction of sp³-hybridized carbons (Fsp3) is 0.471. The summed E-state index contributed by atoms with van der Waals surface area (Å²) < 4.78 is 5.79. The molecule has 4 nitrogen and oxygen atoms in total. The maximum absolute atomic E-state index is 12.8. The Morgan fingerprint density at radius 1 is 1.50 bits per heavy atom. The molecule has 2 aromatic rings. The van der Waals surface area contributed by atoms with E-state index in [0.717, 1.165) is 30.3 Å². The molecular weight excluding hydrogens is 300 g/mol. The Balaban J connectivity index is 1.92. The average Bonchev–Trinajstić information content (AvgIpc) is 2.85. The number of halogens is 1. The summed E-state index contributed by atoms with van der Waals surface area (Å²) in [7, 11) is 0. The van der Waals surface area contributed by atoms with Gasteiger partial charge < -0.3 is 15.1 Å². The summed E-state index contributed by atoms with van der Waals surface area (Å²) in [4.78, 5) is 14.7. The Kier molecular flexibility index (Phi) is 4.15. The molecule has 2 unspecified atom stereocenters. The first-order chi connectivity index (χ1) is 10.5. The molecule has 0 radical (unpaired) electrons. The fourth-order valence-corrected chi connectivity index (χ4v) is 3.39. The quantitative estimate of drug-likeness (QED) is 0.919. The molecule has 1 aromatic heterocycles. The van der Waals surface area contributed by atoms with E-state index in [9.17, 15) is 4.79 Å². The monoisotopic (exact) mass is 320 g/mol. The third-order valence-corrected chi connectivity index (χ3v) is 4.90. The minimum Gasteiger partial charge on any atom is -0.449 e. The van der Waals surface area contributed by atoms with Crippen molar-refractivity contribution in [3.63, 3.8) is 0 Å². The van der Waals surface area contributed by atoms with Gasteiger partial charge in [0.2, 0.25) is 0 Å². The van der Waals surface area contributed by atoms with E-state index >= 15 is 0 Å². The molecule has 2 heterocycles. The summed E-state index contributed by atoms with van der Waals surface area (Å²) in [5, 5.41) is 1.43. The molecule has 5 heteroatoms. The van der Waals surface area contributed by atoms with Crippen molar-refractivity contribution in [1.29, 1.82) is 0 Å². The van der Waals surface area contributed by atoms with Gasteiger partial charge in [0.05, 0.1) is 5.02 Å². The van der Waals surface area contributed by atoms with E-state index in [1.807, 2.05) is 30.9 Å². The number of benzene rings is 1. The van der Waals surface area contributed by atoms with Gasteiger partial charge in [-0.2, -0.15) is 0 Å². The lowest BCUT2D eigenvalue weighted by Crippen LogP contribution is -2.45. The molecule has 1 aromatic carbocycles. The standard InChI is InChI=1S/C17H21ClN2O2/c1-10-13-6-3-7-14(18)16(13)22-15(10)17(21)20-8-4-5-12(9-20)11(2)19/h3,6-7,11-12H,4-5,8-9,19H2,1-2H3. The summed E-state index contributed by atoms with van der Waals surface area (Å²) in [6.45, 7) is 5.36. The van der Waals surface area contributed by atoms with E-state index in [-0.39, 0.29) is 11.9 Å². The molecule has 1 aliphatic rings. The highest BCUT2D eigenvalue weighted by molar-refractivity contribution is 6.35. The van der Waals surface area contributed by atoms with Crippen LogP contribution in [0.25, 0.3) is 11.0 Å². The van der Waals surface area contributed by atoms with Crippen molar-refractivity contribution in [2.24, 2.45) is 11.7 Å². The van der Waals surface area contributed by atoms with E-state index in [1.54, 1.807) is 6.07 Å². The Morgan fingerprint density at radius 3 is 2.95 bits per heavy atom. The minimum absolute atomic E-state index is 0.0601. The summed E-state index contributed by atoms with van der Waals surface area (Å²) in [6, 6.07) is 5.67. The normalized spacial score (nSPS) is 20.4. The molecule has 0 aliphatic carbocycles. The molecule has 118 valence electrons. The number of amides is 1. The second kappa shape index (κ2) is 5.94. The SMILES string of the molecule is Cc1c(C(=O)N2CCCC(C(C)N)C2)oc2c(Cl)cccc12.